The van der Waals surface area contributed by atoms with Gasteiger partial charge in [-0.05, 0) is 24.5 Å². The summed E-state index contributed by atoms with van der Waals surface area (Å²) in [6.45, 7) is 2.28. The Morgan fingerprint density at radius 1 is 1.15 bits per heavy atom. The molecule has 0 aliphatic carbocycles. The number of carbonyl (C=O) groups excluding carboxylic acids is 1. The van der Waals surface area contributed by atoms with Crippen molar-refractivity contribution in [1.29, 1.82) is 0 Å². The number of pyridine rings is 1. The van der Waals surface area contributed by atoms with E-state index in [0.717, 1.165) is 47.9 Å². The molecule has 1 fully saturated rings. The molecule has 6 heteroatoms. The van der Waals surface area contributed by atoms with E-state index in [2.05, 4.69) is 32.7 Å². The number of carbonyl (C=O) groups is 1. The van der Waals surface area contributed by atoms with Crippen LogP contribution in [-0.4, -0.2) is 29.0 Å². The molecule has 1 saturated heterocycles. The Bertz CT molecular complexity index is 873. The van der Waals surface area contributed by atoms with Crippen LogP contribution < -0.4 is 10.2 Å². The number of hydrogen-bond donors (Lipinski definition) is 1. The zero-order chi connectivity index (χ0) is 18.5. The number of benzene rings is 1. The van der Waals surface area contributed by atoms with E-state index < -0.39 is 0 Å². The molecule has 1 aromatic carbocycles. The van der Waals surface area contributed by atoms with Gasteiger partial charge in [0.1, 0.15) is 0 Å². The van der Waals surface area contributed by atoms with Crippen molar-refractivity contribution in [1.82, 2.24) is 15.3 Å². The number of thiazole rings is 1. The van der Waals surface area contributed by atoms with Gasteiger partial charge in [0.2, 0.25) is 5.91 Å². The lowest BCUT2D eigenvalue weighted by atomic mass is 9.96. The van der Waals surface area contributed by atoms with Crippen LogP contribution in [0.2, 0.25) is 0 Å². The smallest absolute Gasteiger partial charge is 0.223 e. The fraction of sp³-hybridized carbons (Fsp3) is 0.286. The summed E-state index contributed by atoms with van der Waals surface area (Å²) in [4.78, 5) is 23.6. The van der Waals surface area contributed by atoms with Gasteiger partial charge in [0.15, 0.2) is 5.13 Å². The van der Waals surface area contributed by atoms with Crippen molar-refractivity contribution in [2.24, 2.45) is 5.92 Å². The monoisotopic (exact) mass is 378 g/mol. The Labute approximate surface area is 163 Å². The van der Waals surface area contributed by atoms with Crippen LogP contribution in [0.15, 0.2) is 60.2 Å². The fourth-order valence-electron chi connectivity index (χ4n) is 3.32. The van der Waals surface area contributed by atoms with E-state index in [4.69, 9.17) is 4.98 Å². The van der Waals surface area contributed by atoms with E-state index >= 15 is 0 Å². The highest BCUT2D eigenvalue weighted by Gasteiger charge is 2.26. The highest BCUT2D eigenvalue weighted by molar-refractivity contribution is 7.14. The number of amides is 1. The standard InChI is InChI=1S/C21H22N4OS/c26-20(23-14-16-5-4-10-22-13-16)18-8-11-25(12-9-18)21-24-19(15-27-21)17-6-2-1-3-7-17/h1-7,10,13,15,18H,8-9,11-12,14H2,(H,23,26). The van der Waals surface area contributed by atoms with Crippen LogP contribution in [0.3, 0.4) is 0 Å². The third-order valence-electron chi connectivity index (χ3n) is 4.89. The van der Waals surface area contributed by atoms with E-state index in [1.165, 1.54) is 0 Å². The summed E-state index contributed by atoms with van der Waals surface area (Å²) in [7, 11) is 0. The summed E-state index contributed by atoms with van der Waals surface area (Å²) in [6, 6.07) is 14.1. The van der Waals surface area contributed by atoms with Gasteiger partial charge >= 0.3 is 0 Å². The molecule has 0 spiro atoms. The number of anilines is 1. The van der Waals surface area contributed by atoms with Crippen molar-refractivity contribution in [3.63, 3.8) is 0 Å². The van der Waals surface area contributed by atoms with Crippen molar-refractivity contribution in [2.75, 3.05) is 18.0 Å². The van der Waals surface area contributed by atoms with Crippen molar-refractivity contribution >= 4 is 22.4 Å². The first-order valence-electron chi connectivity index (χ1n) is 9.22. The van der Waals surface area contributed by atoms with E-state index in [0.29, 0.717) is 6.54 Å². The molecule has 0 bridgehead atoms. The predicted octanol–water partition coefficient (Wildman–Crippen LogP) is 3.74. The summed E-state index contributed by atoms with van der Waals surface area (Å²) in [6.07, 6.45) is 5.25. The summed E-state index contributed by atoms with van der Waals surface area (Å²) >= 11 is 1.68. The van der Waals surface area contributed by atoms with Crippen LogP contribution in [0.1, 0.15) is 18.4 Å². The largest absolute Gasteiger partial charge is 0.352 e. The summed E-state index contributed by atoms with van der Waals surface area (Å²) < 4.78 is 0. The molecule has 1 N–H and O–H groups in total. The second kappa shape index (κ2) is 8.31. The maximum Gasteiger partial charge on any atom is 0.223 e. The lowest BCUT2D eigenvalue weighted by Crippen LogP contribution is -2.40. The van der Waals surface area contributed by atoms with Crippen LogP contribution in [0.25, 0.3) is 11.3 Å². The zero-order valence-electron chi connectivity index (χ0n) is 15.0. The minimum atomic E-state index is 0.0754. The molecule has 0 unspecified atom stereocenters. The predicted molar refractivity (Wildman–Crippen MR) is 109 cm³/mol. The first-order chi connectivity index (χ1) is 13.3. The normalized spacial score (nSPS) is 14.9. The van der Waals surface area contributed by atoms with E-state index in [1.807, 2.05) is 30.3 Å². The van der Waals surface area contributed by atoms with Crippen LogP contribution in [0, 0.1) is 5.92 Å². The average molecular weight is 379 g/mol. The SMILES string of the molecule is O=C(NCc1cccnc1)C1CCN(c2nc(-c3ccccc3)cs2)CC1. The van der Waals surface area contributed by atoms with Crippen LogP contribution in [0.4, 0.5) is 5.13 Å². The van der Waals surface area contributed by atoms with Crippen LogP contribution in [-0.2, 0) is 11.3 Å². The molecule has 4 rings (SSSR count). The minimum Gasteiger partial charge on any atom is -0.352 e. The number of piperidine rings is 1. The number of aromatic nitrogens is 2. The molecule has 1 aliphatic rings. The highest BCUT2D eigenvalue weighted by Crippen LogP contribution is 2.30. The summed E-state index contributed by atoms with van der Waals surface area (Å²) in [5.74, 6) is 0.217. The molecule has 1 amide bonds. The molecule has 0 saturated carbocycles. The number of nitrogens with one attached hydrogen (secondary N) is 1. The fourth-order valence-corrected chi connectivity index (χ4v) is 4.21. The number of hydrogen-bond acceptors (Lipinski definition) is 5. The summed E-state index contributed by atoms with van der Waals surface area (Å²) in [5.41, 5.74) is 3.19. The molecule has 3 aromatic rings. The van der Waals surface area contributed by atoms with Crippen molar-refractivity contribution in [2.45, 2.75) is 19.4 Å². The Balaban J connectivity index is 1.30. The lowest BCUT2D eigenvalue weighted by Gasteiger charge is -2.31. The van der Waals surface area contributed by atoms with Gasteiger partial charge < -0.3 is 10.2 Å². The van der Waals surface area contributed by atoms with Crippen molar-refractivity contribution in [3.05, 3.63) is 65.8 Å². The van der Waals surface area contributed by atoms with Crippen molar-refractivity contribution < 1.29 is 4.79 Å². The number of rotatable bonds is 5. The third-order valence-corrected chi connectivity index (χ3v) is 5.79. The molecule has 5 nitrogen and oxygen atoms in total. The molecule has 0 radical (unpaired) electrons. The Morgan fingerprint density at radius 2 is 1.96 bits per heavy atom. The zero-order valence-corrected chi connectivity index (χ0v) is 15.9. The lowest BCUT2D eigenvalue weighted by molar-refractivity contribution is -0.125. The first kappa shape index (κ1) is 17.7. The Hall–Kier alpha value is -2.73. The van der Waals surface area contributed by atoms with E-state index in [1.54, 1.807) is 23.7 Å². The van der Waals surface area contributed by atoms with Crippen molar-refractivity contribution in [3.8, 4) is 11.3 Å². The van der Waals surface area contributed by atoms with Gasteiger partial charge in [0, 0.05) is 48.9 Å². The molecule has 2 aromatic heterocycles. The minimum absolute atomic E-state index is 0.0754. The molecule has 1 aliphatic heterocycles. The second-order valence-electron chi connectivity index (χ2n) is 6.72. The molecule has 0 atom stereocenters. The number of nitrogens with zero attached hydrogens (tertiary/aromatic N) is 3. The second-order valence-corrected chi connectivity index (χ2v) is 7.56. The Kier molecular flexibility index (Phi) is 5.44. The molecule has 3 heterocycles. The van der Waals surface area contributed by atoms with Gasteiger partial charge in [-0.25, -0.2) is 4.98 Å². The van der Waals surface area contributed by atoms with Gasteiger partial charge in [-0.15, -0.1) is 11.3 Å². The quantitative estimate of drug-likeness (QED) is 0.735. The molecular formula is C21H22N4OS. The molecule has 27 heavy (non-hydrogen) atoms. The summed E-state index contributed by atoms with van der Waals surface area (Å²) in [5, 5.41) is 6.19. The molecule has 138 valence electrons. The average Bonchev–Trinajstić information content (AvgIpc) is 3.24. The maximum atomic E-state index is 12.4. The van der Waals surface area contributed by atoms with Gasteiger partial charge in [-0.2, -0.15) is 0 Å². The first-order valence-corrected chi connectivity index (χ1v) is 10.1. The van der Waals surface area contributed by atoms with Gasteiger partial charge in [0.05, 0.1) is 5.69 Å². The van der Waals surface area contributed by atoms with E-state index in [9.17, 15) is 4.79 Å². The van der Waals surface area contributed by atoms with Gasteiger partial charge in [0.25, 0.3) is 0 Å². The highest BCUT2D eigenvalue weighted by atomic mass is 32.1. The van der Waals surface area contributed by atoms with E-state index in [-0.39, 0.29) is 11.8 Å². The molecular weight excluding hydrogens is 356 g/mol. The maximum absolute atomic E-state index is 12.4. The van der Waals surface area contributed by atoms with Gasteiger partial charge in [-0.3, -0.25) is 9.78 Å². The topological polar surface area (TPSA) is 58.1 Å². The Morgan fingerprint density at radius 3 is 2.70 bits per heavy atom. The van der Waals surface area contributed by atoms with Crippen LogP contribution in [0.5, 0.6) is 0 Å². The van der Waals surface area contributed by atoms with Crippen LogP contribution >= 0.6 is 11.3 Å². The van der Waals surface area contributed by atoms with Gasteiger partial charge in [-0.1, -0.05) is 36.4 Å². The third kappa shape index (κ3) is 4.34.